The van der Waals surface area contributed by atoms with Gasteiger partial charge >= 0.3 is 0 Å². The van der Waals surface area contributed by atoms with Crippen molar-refractivity contribution in [3.05, 3.63) is 29.8 Å². The molecule has 0 saturated carbocycles. The van der Waals surface area contributed by atoms with E-state index < -0.39 is 21.7 Å². The number of amides is 1. The second-order valence-corrected chi connectivity index (χ2v) is 5.10. The first-order chi connectivity index (χ1) is 7.88. The van der Waals surface area contributed by atoms with Crippen LogP contribution >= 0.6 is 0 Å². The van der Waals surface area contributed by atoms with Crippen molar-refractivity contribution in [3.8, 4) is 0 Å². The first-order valence-electron chi connectivity index (χ1n) is 4.78. The van der Waals surface area contributed by atoms with Gasteiger partial charge in [0.05, 0.1) is 17.5 Å². The second kappa shape index (κ2) is 5.69. The SMILES string of the molecule is NS(=O)(=O)CCCNC(=O)c1cncc(F)c1. The van der Waals surface area contributed by atoms with E-state index in [9.17, 15) is 17.6 Å². The fourth-order valence-electron chi connectivity index (χ4n) is 1.11. The number of primary sulfonamides is 1. The summed E-state index contributed by atoms with van der Waals surface area (Å²) in [5.41, 5.74) is 0.0839. The topological polar surface area (TPSA) is 102 Å². The molecule has 8 heteroatoms. The minimum absolute atomic E-state index is 0.0839. The zero-order valence-electron chi connectivity index (χ0n) is 8.89. The zero-order valence-corrected chi connectivity index (χ0v) is 9.71. The van der Waals surface area contributed by atoms with E-state index >= 15 is 0 Å². The Bertz CT molecular complexity index is 504. The van der Waals surface area contributed by atoms with E-state index in [0.717, 1.165) is 12.3 Å². The summed E-state index contributed by atoms with van der Waals surface area (Å²) in [5, 5.41) is 7.22. The van der Waals surface area contributed by atoms with Crippen LogP contribution in [-0.4, -0.2) is 31.6 Å². The third-order valence-electron chi connectivity index (χ3n) is 1.86. The van der Waals surface area contributed by atoms with E-state index in [-0.39, 0.29) is 24.3 Å². The second-order valence-electron chi connectivity index (χ2n) is 3.37. The molecule has 0 spiro atoms. The highest BCUT2D eigenvalue weighted by Gasteiger charge is 2.07. The third kappa shape index (κ3) is 5.36. The Morgan fingerprint density at radius 1 is 1.47 bits per heavy atom. The summed E-state index contributed by atoms with van der Waals surface area (Å²) >= 11 is 0. The lowest BCUT2D eigenvalue weighted by Gasteiger charge is -2.04. The number of hydrogen-bond acceptors (Lipinski definition) is 4. The number of rotatable bonds is 5. The number of nitrogens with two attached hydrogens (primary N) is 1. The summed E-state index contributed by atoms with van der Waals surface area (Å²) in [7, 11) is -3.52. The van der Waals surface area contributed by atoms with Gasteiger partial charge < -0.3 is 5.32 Å². The summed E-state index contributed by atoms with van der Waals surface area (Å²) in [5.74, 6) is -1.33. The molecule has 0 atom stereocenters. The maximum atomic E-state index is 12.7. The molecular weight excluding hydrogens is 249 g/mol. The fraction of sp³-hybridized carbons (Fsp3) is 0.333. The Hall–Kier alpha value is -1.54. The molecule has 0 unspecified atom stereocenters. The molecule has 0 aliphatic heterocycles. The van der Waals surface area contributed by atoms with Gasteiger partial charge in [0.1, 0.15) is 5.82 Å². The molecule has 0 fully saturated rings. The quantitative estimate of drug-likeness (QED) is 0.706. The number of nitrogens with zero attached hydrogens (tertiary/aromatic N) is 1. The van der Waals surface area contributed by atoms with E-state index in [0.29, 0.717) is 0 Å². The molecule has 0 saturated heterocycles. The smallest absolute Gasteiger partial charge is 0.252 e. The number of halogens is 1. The molecule has 1 amide bonds. The Labute approximate surface area is 98.1 Å². The van der Waals surface area contributed by atoms with Crippen LogP contribution in [0.1, 0.15) is 16.8 Å². The van der Waals surface area contributed by atoms with E-state index in [1.54, 1.807) is 0 Å². The monoisotopic (exact) mass is 261 g/mol. The van der Waals surface area contributed by atoms with Crippen LogP contribution in [0.15, 0.2) is 18.5 Å². The Balaban J connectivity index is 2.41. The molecule has 1 aromatic rings. The normalized spacial score (nSPS) is 11.2. The van der Waals surface area contributed by atoms with Crippen LogP contribution in [0.3, 0.4) is 0 Å². The highest BCUT2D eigenvalue weighted by molar-refractivity contribution is 7.89. The van der Waals surface area contributed by atoms with Gasteiger partial charge in [-0.25, -0.2) is 17.9 Å². The molecule has 0 aliphatic rings. The van der Waals surface area contributed by atoms with Gasteiger partial charge in [0.2, 0.25) is 10.0 Å². The Morgan fingerprint density at radius 3 is 2.76 bits per heavy atom. The largest absolute Gasteiger partial charge is 0.352 e. The molecule has 1 aromatic heterocycles. The van der Waals surface area contributed by atoms with Crippen LogP contribution in [0, 0.1) is 5.82 Å². The number of nitrogens with one attached hydrogen (secondary N) is 1. The molecule has 0 radical (unpaired) electrons. The average molecular weight is 261 g/mol. The first kappa shape index (κ1) is 13.5. The van der Waals surface area contributed by atoms with Gasteiger partial charge in [0.25, 0.3) is 5.91 Å². The van der Waals surface area contributed by atoms with Gasteiger partial charge in [-0.1, -0.05) is 0 Å². The molecular formula is C9H12FN3O3S. The average Bonchev–Trinajstić information content (AvgIpc) is 2.23. The summed E-state index contributed by atoms with van der Waals surface area (Å²) in [6.45, 7) is 0.145. The van der Waals surface area contributed by atoms with Crippen molar-refractivity contribution < 1.29 is 17.6 Å². The maximum Gasteiger partial charge on any atom is 0.252 e. The summed E-state index contributed by atoms with van der Waals surface area (Å²) < 4.78 is 33.9. The van der Waals surface area contributed by atoms with E-state index in [2.05, 4.69) is 10.3 Å². The Kier molecular flexibility index (Phi) is 4.53. The summed E-state index contributed by atoms with van der Waals surface area (Å²) in [6, 6.07) is 1.04. The number of pyridine rings is 1. The zero-order chi connectivity index (χ0) is 12.9. The first-order valence-corrected chi connectivity index (χ1v) is 6.49. The minimum Gasteiger partial charge on any atom is -0.352 e. The lowest BCUT2D eigenvalue weighted by Crippen LogP contribution is -2.27. The van der Waals surface area contributed by atoms with Gasteiger partial charge in [-0.2, -0.15) is 0 Å². The number of aromatic nitrogens is 1. The number of sulfonamides is 1. The standard InChI is InChI=1S/C9H12FN3O3S/c10-8-4-7(5-12-6-8)9(14)13-2-1-3-17(11,15)16/h4-6H,1-3H2,(H,13,14)(H2,11,15,16). The van der Waals surface area contributed by atoms with Crippen LogP contribution in [0.5, 0.6) is 0 Å². The van der Waals surface area contributed by atoms with Crippen LogP contribution in [0.25, 0.3) is 0 Å². The molecule has 0 bridgehead atoms. The molecule has 0 aliphatic carbocycles. The molecule has 1 rings (SSSR count). The van der Waals surface area contributed by atoms with Gasteiger partial charge in [0, 0.05) is 12.7 Å². The van der Waals surface area contributed by atoms with Crippen molar-refractivity contribution in [1.29, 1.82) is 0 Å². The Morgan fingerprint density at radius 2 is 2.18 bits per heavy atom. The molecule has 3 N–H and O–H groups in total. The number of carbonyl (C=O) groups excluding carboxylic acids is 1. The van der Waals surface area contributed by atoms with Gasteiger partial charge in [-0.05, 0) is 12.5 Å². The van der Waals surface area contributed by atoms with E-state index in [1.165, 1.54) is 6.20 Å². The van der Waals surface area contributed by atoms with Crippen LogP contribution in [0.2, 0.25) is 0 Å². The summed E-state index contributed by atoms with van der Waals surface area (Å²) in [4.78, 5) is 14.9. The van der Waals surface area contributed by atoms with Crippen LogP contribution < -0.4 is 10.5 Å². The van der Waals surface area contributed by atoms with E-state index in [4.69, 9.17) is 5.14 Å². The lowest BCUT2D eigenvalue weighted by atomic mass is 10.2. The molecule has 0 aromatic carbocycles. The predicted octanol–water partition coefficient (Wildman–Crippen LogP) is -0.371. The van der Waals surface area contributed by atoms with Crippen molar-refractivity contribution >= 4 is 15.9 Å². The molecule has 94 valence electrons. The van der Waals surface area contributed by atoms with Crippen molar-refractivity contribution in [2.75, 3.05) is 12.3 Å². The van der Waals surface area contributed by atoms with Crippen LogP contribution in [-0.2, 0) is 10.0 Å². The maximum absolute atomic E-state index is 12.7. The van der Waals surface area contributed by atoms with Crippen molar-refractivity contribution in [1.82, 2.24) is 10.3 Å². The fourth-order valence-corrected chi connectivity index (χ4v) is 1.66. The number of hydrogen-bond donors (Lipinski definition) is 2. The number of carbonyl (C=O) groups is 1. The predicted molar refractivity (Wildman–Crippen MR) is 59.1 cm³/mol. The highest BCUT2D eigenvalue weighted by Crippen LogP contribution is 2.00. The third-order valence-corrected chi connectivity index (χ3v) is 2.72. The minimum atomic E-state index is -3.52. The molecule has 17 heavy (non-hydrogen) atoms. The van der Waals surface area contributed by atoms with Crippen molar-refractivity contribution in [2.24, 2.45) is 5.14 Å². The molecule has 1 heterocycles. The highest BCUT2D eigenvalue weighted by atomic mass is 32.2. The van der Waals surface area contributed by atoms with Gasteiger partial charge in [-0.3, -0.25) is 9.78 Å². The van der Waals surface area contributed by atoms with Gasteiger partial charge in [-0.15, -0.1) is 0 Å². The van der Waals surface area contributed by atoms with Gasteiger partial charge in [0.15, 0.2) is 0 Å². The lowest BCUT2D eigenvalue weighted by molar-refractivity contribution is 0.0953. The van der Waals surface area contributed by atoms with Crippen molar-refractivity contribution in [2.45, 2.75) is 6.42 Å². The molecule has 6 nitrogen and oxygen atoms in total. The summed E-state index contributed by atoms with van der Waals surface area (Å²) in [6.07, 6.45) is 2.41. The van der Waals surface area contributed by atoms with E-state index in [1.807, 2.05) is 0 Å². The van der Waals surface area contributed by atoms with Crippen LogP contribution in [0.4, 0.5) is 4.39 Å². The van der Waals surface area contributed by atoms with Crippen molar-refractivity contribution in [3.63, 3.8) is 0 Å².